The number of likely N-dealkylation sites (tertiary alicyclic amines) is 1. The van der Waals surface area contributed by atoms with Gasteiger partial charge < -0.3 is 10.6 Å². The fourth-order valence-electron chi connectivity index (χ4n) is 4.13. The second-order valence-corrected chi connectivity index (χ2v) is 6.95. The third-order valence-electron chi connectivity index (χ3n) is 5.24. The Kier molecular flexibility index (Phi) is 6.49. The van der Waals surface area contributed by atoms with Crippen LogP contribution < -0.4 is 10.6 Å². The lowest BCUT2D eigenvalue weighted by Crippen LogP contribution is -2.44. The highest BCUT2D eigenvalue weighted by Gasteiger charge is 2.43. The maximum Gasteiger partial charge on any atom is 0.234 e. The summed E-state index contributed by atoms with van der Waals surface area (Å²) in [5.41, 5.74) is 0. The highest BCUT2D eigenvalue weighted by atomic mass is 16.2. The molecule has 2 N–H and O–H groups in total. The number of unbranched alkanes of at least 4 members (excludes halogenated alkanes) is 2. The lowest BCUT2D eigenvalue weighted by Gasteiger charge is -2.26. The first-order valence-electron chi connectivity index (χ1n) is 8.89. The Labute approximate surface area is 130 Å². The van der Waals surface area contributed by atoms with E-state index >= 15 is 0 Å². The van der Waals surface area contributed by atoms with Crippen LogP contribution in [0.1, 0.15) is 52.9 Å². The minimum Gasteiger partial charge on any atom is -0.353 e. The summed E-state index contributed by atoms with van der Waals surface area (Å²) in [7, 11) is 0. The first kappa shape index (κ1) is 16.8. The normalized spacial score (nSPS) is 30.3. The summed E-state index contributed by atoms with van der Waals surface area (Å²) in [4.78, 5) is 14.7. The zero-order valence-electron chi connectivity index (χ0n) is 14.0. The smallest absolute Gasteiger partial charge is 0.234 e. The Morgan fingerprint density at radius 2 is 2.14 bits per heavy atom. The van der Waals surface area contributed by atoms with E-state index in [1.807, 2.05) is 0 Å². The zero-order valence-corrected chi connectivity index (χ0v) is 14.0. The van der Waals surface area contributed by atoms with Crippen molar-refractivity contribution in [2.45, 2.75) is 65.0 Å². The van der Waals surface area contributed by atoms with Gasteiger partial charge in [0.1, 0.15) is 0 Å². The van der Waals surface area contributed by atoms with Gasteiger partial charge in [-0.05, 0) is 44.7 Å². The molecule has 2 aliphatic rings. The van der Waals surface area contributed by atoms with Crippen molar-refractivity contribution in [2.75, 3.05) is 26.2 Å². The lowest BCUT2D eigenvalue weighted by molar-refractivity contribution is -0.123. The van der Waals surface area contributed by atoms with Gasteiger partial charge in [0.25, 0.3) is 0 Å². The van der Waals surface area contributed by atoms with E-state index in [0.717, 1.165) is 44.3 Å². The highest BCUT2D eigenvalue weighted by Crippen LogP contribution is 2.33. The number of rotatable bonds is 8. The summed E-state index contributed by atoms with van der Waals surface area (Å²) in [6, 6.07) is 0.902. The number of hydrogen-bond acceptors (Lipinski definition) is 3. The summed E-state index contributed by atoms with van der Waals surface area (Å²) in [6.45, 7) is 10.5. The number of carbonyl (C=O) groups is 1. The van der Waals surface area contributed by atoms with Gasteiger partial charge >= 0.3 is 0 Å². The van der Waals surface area contributed by atoms with Crippen LogP contribution in [0.2, 0.25) is 0 Å². The van der Waals surface area contributed by atoms with E-state index in [0.29, 0.717) is 18.6 Å². The van der Waals surface area contributed by atoms with Crippen molar-refractivity contribution in [3.63, 3.8) is 0 Å². The predicted molar refractivity (Wildman–Crippen MR) is 87.2 cm³/mol. The van der Waals surface area contributed by atoms with Crippen molar-refractivity contribution in [1.29, 1.82) is 0 Å². The molecular weight excluding hydrogens is 262 g/mol. The number of hydrogen-bond donors (Lipinski definition) is 2. The molecule has 0 aromatic rings. The van der Waals surface area contributed by atoms with Gasteiger partial charge in [0.15, 0.2) is 0 Å². The molecule has 0 radical (unpaired) electrons. The van der Waals surface area contributed by atoms with Crippen LogP contribution in [0.4, 0.5) is 0 Å². The molecule has 4 atom stereocenters. The molecule has 122 valence electrons. The number of carbonyl (C=O) groups excluding carboxylic acids is 1. The van der Waals surface area contributed by atoms with Crippen LogP contribution in [-0.4, -0.2) is 49.1 Å². The maximum absolute atomic E-state index is 12.3. The molecule has 0 aromatic heterocycles. The van der Waals surface area contributed by atoms with Gasteiger partial charge in [0, 0.05) is 18.6 Å². The number of amides is 1. The van der Waals surface area contributed by atoms with Crippen molar-refractivity contribution in [1.82, 2.24) is 15.5 Å². The number of nitrogens with zero attached hydrogens (tertiary/aromatic N) is 1. The van der Waals surface area contributed by atoms with Crippen LogP contribution in [0.5, 0.6) is 0 Å². The molecule has 2 fully saturated rings. The molecule has 0 spiro atoms. The SMILES string of the molecule is CCCCCC(C)NC(=O)CN1CC2CNCC2C1CC. The standard InChI is InChI=1S/C17H33N3O/c1-4-6-7-8-13(3)19-17(21)12-20-11-14-9-18-10-15(14)16(20)5-2/h13-16,18H,4-12H2,1-3H3,(H,19,21). The molecule has 0 bridgehead atoms. The average molecular weight is 295 g/mol. The van der Waals surface area contributed by atoms with Crippen LogP contribution in [0.15, 0.2) is 0 Å². The maximum atomic E-state index is 12.3. The van der Waals surface area contributed by atoms with Crippen molar-refractivity contribution in [2.24, 2.45) is 11.8 Å². The van der Waals surface area contributed by atoms with Crippen LogP contribution in [0, 0.1) is 11.8 Å². The van der Waals surface area contributed by atoms with Crippen LogP contribution in [0.25, 0.3) is 0 Å². The Morgan fingerprint density at radius 3 is 2.86 bits per heavy atom. The quantitative estimate of drug-likeness (QED) is 0.673. The fraction of sp³-hybridized carbons (Fsp3) is 0.941. The predicted octanol–water partition coefficient (Wildman–Crippen LogP) is 2.00. The molecule has 4 unspecified atom stereocenters. The molecule has 21 heavy (non-hydrogen) atoms. The minimum absolute atomic E-state index is 0.213. The summed E-state index contributed by atoms with van der Waals surface area (Å²) < 4.78 is 0. The van der Waals surface area contributed by atoms with E-state index in [-0.39, 0.29) is 5.91 Å². The van der Waals surface area contributed by atoms with Gasteiger partial charge in [-0.3, -0.25) is 9.69 Å². The van der Waals surface area contributed by atoms with E-state index in [1.54, 1.807) is 0 Å². The first-order valence-corrected chi connectivity index (χ1v) is 8.89. The molecule has 1 amide bonds. The van der Waals surface area contributed by atoms with Gasteiger partial charge in [-0.15, -0.1) is 0 Å². The van der Waals surface area contributed by atoms with Gasteiger partial charge in [-0.25, -0.2) is 0 Å². The molecular formula is C17H33N3O. The Hall–Kier alpha value is -0.610. The van der Waals surface area contributed by atoms with Gasteiger partial charge in [0.2, 0.25) is 5.91 Å². The third kappa shape index (κ3) is 4.43. The molecule has 2 heterocycles. The van der Waals surface area contributed by atoms with Crippen LogP contribution in [0.3, 0.4) is 0 Å². The molecule has 0 aromatic carbocycles. The zero-order chi connectivity index (χ0) is 15.2. The Balaban J connectivity index is 1.74. The van der Waals surface area contributed by atoms with Crippen molar-refractivity contribution >= 4 is 5.91 Å². The Bertz CT molecular complexity index is 334. The first-order chi connectivity index (χ1) is 10.2. The molecule has 2 rings (SSSR count). The van der Waals surface area contributed by atoms with Crippen LogP contribution >= 0.6 is 0 Å². The molecule has 4 heteroatoms. The minimum atomic E-state index is 0.213. The fourth-order valence-corrected chi connectivity index (χ4v) is 4.13. The summed E-state index contributed by atoms with van der Waals surface area (Å²) >= 11 is 0. The lowest BCUT2D eigenvalue weighted by atomic mass is 9.93. The second kappa shape index (κ2) is 8.14. The van der Waals surface area contributed by atoms with Gasteiger partial charge in [0.05, 0.1) is 6.54 Å². The molecule has 2 aliphatic heterocycles. The van der Waals surface area contributed by atoms with E-state index in [4.69, 9.17) is 0 Å². The van der Waals surface area contributed by atoms with E-state index in [9.17, 15) is 4.79 Å². The molecule has 0 aliphatic carbocycles. The largest absolute Gasteiger partial charge is 0.353 e. The van der Waals surface area contributed by atoms with E-state index in [1.165, 1.54) is 19.3 Å². The van der Waals surface area contributed by atoms with Crippen molar-refractivity contribution < 1.29 is 4.79 Å². The topological polar surface area (TPSA) is 44.4 Å². The number of fused-ring (bicyclic) bond motifs is 1. The monoisotopic (exact) mass is 295 g/mol. The van der Waals surface area contributed by atoms with Gasteiger partial charge in [-0.2, -0.15) is 0 Å². The second-order valence-electron chi connectivity index (χ2n) is 6.95. The number of nitrogens with one attached hydrogen (secondary N) is 2. The summed E-state index contributed by atoms with van der Waals surface area (Å²) in [5.74, 6) is 1.72. The van der Waals surface area contributed by atoms with Crippen molar-refractivity contribution in [3.8, 4) is 0 Å². The molecule has 2 saturated heterocycles. The van der Waals surface area contributed by atoms with Gasteiger partial charge in [-0.1, -0.05) is 33.1 Å². The summed E-state index contributed by atoms with van der Waals surface area (Å²) in [6.07, 6.45) is 5.98. The van der Waals surface area contributed by atoms with E-state index in [2.05, 4.69) is 36.3 Å². The molecule has 4 nitrogen and oxygen atoms in total. The average Bonchev–Trinajstić information content (AvgIpc) is 2.98. The highest BCUT2D eigenvalue weighted by molar-refractivity contribution is 5.78. The molecule has 0 saturated carbocycles. The summed E-state index contributed by atoms with van der Waals surface area (Å²) in [5, 5.41) is 6.68. The third-order valence-corrected chi connectivity index (χ3v) is 5.24. The van der Waals surface area contributed by atoms with Crippen molar-refractivity contribution in [3.05, 3.63) is 0 Å². The van der Waals surface area contributed by atoms with E-state index < -0.39 is 0 Å². The van der Waals surface area contributed by atoms with Crippen LogP contribution in [-0.2, 0) is 4.79 Å². The Morgan fingerprint density at radius 1 is 1.33 bits per heavy atom.